The fourth-order valence-electron chi connectivity index (χ4n) is 3.47. The van der Waals surface area contributed by atoms with Crippen LogP contribution in [0.15, 0.2) is 60.7 Å². The highest BCUT2D eigenvalue weighted by molar-refractivity contribution is 5.69. The lowest BCUT2D eigenvalue weighted by Gasteiger charge is -2.39. The van der Waals surface area contributed by atoms with Crippen molar-refractivity contribution < 1.29 is 14.6 Å². The van der Waals surface area contributed by atoms with E-state index in [1.54, 1.807) is 4.90 Å². The molecule has 3 rings (SSSR count). The largest absolute Gasteiger partial charge is 0.453 e. The predicted octanol–water partition coefficient (Wildman–Crippen LogP) is 3.15. The number of aliphatic hydroxyl groups is 1. The Morgan fingerprint density at radius 1 is 1.09 bits per heavy atom. The van der Waals surface area contributed by atoms with Gasteiger partial charge in [0.15, 0.2) is 0 Å². The van der Waals surface area contributed by atoms with Gasteiger partial charge in [-0.25, -0.2) is 4.79 Å². The van der Waals surface area contributed by atoms with Gasteiger partial charge in [0.05, 0.1) is 13.2 Å². The van der Waals surface area contributed by atoms with Gasteiger partial charge in [-0.2, -0.15) is 0 Å². The van der Waals surface area contributed by atoms with Crippen LogP contribution in [-0.4, -0.2) is 35.8 Å². The van der Waals surface area contributed by atoms with Gasteiger partial charge in [0.2, 0.25) is 0 Å². The highest BCUT2D eigenvalue weighted by atomic mass is 16.5. The lowest BCUT2D eigenvalue weighted by molar-refractivity contribution is -0.00229. The first-order chi connectivity index (χ1) is 11.2. The number of methoxy groups -OCH3 is 1. The maximum Gasteiger partial charge on any atom is 0.409 e. The minimum absolute atomic E-state index is 0.347. The lowest BCUT2D eigenvalue weighted by atomic mass is 9.79. The molecule has 4 nitrogen and oxygen atoms in total. The number of benzene rings is 2. The number of carbonyl (C=O) groups excluding carboxylic acids is 1. The molecule has 1 heterocycles. The van der Waals surface area contributed by atoms with E-state index in [0.29, 0.717) is 6.54 Å². The summed E-state index contributed by atoms with van der Waals surface area (Å²) in [5.41, 5.74) is 0.312. The second-order valence-corrected chi connectivity index (χ2v) is 5.82. The quantitative estimate of drug-likeness (QED) is 0.947. The molecule has 1 fully saturated rings. The molecule has 120 valence electrons. The van der Waals surface area contributed by atoms with Crippen LogP contribution < -0.4 is 0 Å². The van der Waals surface area contributed by atoms with E-state index in [1.165, 1.54) is 7.11 Å². The van der Waals surface area contributed by atoms with Gasteiger partial charge in [-0.3, -0.25) is 0 Å². The molecule has 2 aromatic carbocycles. The van der Waals surface area contributed by atoms with Gasteiger partial charge in [-0.1, -0.05) is 60.7 Å². The van der Waals surface area contributed by atoms with Crippen LogP contribution >= 0.6 is 0 Å². The van der Waals surface area contributed by atoms with Crippen LogP contribution in [0.3, 0.4) is 0 Å². The second kappa shape index (κ2) is 6.42. The minimum Gasteiger partial charge on any atom is -0.453 e. The Kier molecular flexibility index (Phi) is 4.35. The average molecular weight is 311 g/mol. The fraction of sp³-hybridized carbons (Fsp3) is 0.316. The number of ether oxygens (including phenoxy) is 1. The van der Waals surface area contributed by atoms with Crippen molar-refractivity contribution in [3.63, 3.8) is 0 Å². The van der Waals surface area contributed by atoms with E-state index in [9.17, 15) is 9.90 Å². The van der Waals surface area contributed by atoms with Crippen LogP contribution in [0.5, 0.6) is 0 Å². The van der Waals surface area contributed by atoms with E-state index in [2.05, 4.69) is 0 Å². The van der Waals surface area contributed by atoms with Crippen LogP contribution in [0.25, 0.3) is 0 Å². The highest BCUT2D eigenvalue weighted by Gasteiger charge is 2.47. The summed E-state index contributed by atoms with van der Waals surface area (Å²) < 4.78 is 4.91. The van der Waals surface area contributed by atoms with E-state index in [-0.39, 0.29) is 6.04 Å². The Morgan fingerprint density at radius 3 is 2.09 bits per heavy atom. The van der Waals surface area contributed by atoms with Crippen molar-refractivity contribution in [1.29, 1.82) is 0 Å². The number of hydrogen-bond donors (Lipinski definition) is 1. The van der Waals surface area contributed by atoms with Crippen molar-refractivity contribution in [2.24, 2.45) is 0 Å². The van der Waals surface area contributed by atoms with Crippen LogP contribution in [0.4, 0.5) is 4.79 Å². The SMILES string of the molecule is COC(=O)N1CCC[C@@H]1C(O)(c1ccccc1)c1ccccc1. The van der Waals surface area contributed by atoms with E-state index in [1.807, 2.05) is 60.7 Å². The molecule has 23 heavy (non-hydrogen) atoms. The molecule has 0 aliphatic carbocycles. The van der Waals surface area contributed by atoms with Crippen molar-refractivity contribution >= 4 is 6.09 Å². The summed E-state index contributed by atoms with van der Waals surface area (Å²) >= 11 is 0. The van der Waals surface area contributed by atoms with Gasteiger partial charge >= 0.3 is 6.09 Å². The van der Waals surface area contributed by atoms with E-state index >= 15 is 0 Å². The van der Waals surface area contributed by atoms with Gasteiger partial charge in [0.25, 0.3) is 0 Å². The summed E-state index contributed by atoms with van der Waals surface area (Å²) in [6, 6.07) is 18.7. The zero-order chi connectivity index (χ0) is 16.3. The Balaban J connectivity index is 2.11. The van der Waals surface area contributed by atoms with Gasteiger partial charge < -0.3 is 14.7 Å². The van der Waals surface area contributed by atoms with Crippen molar-refractivity contribution in [2.45, 2.75) is 24.5 Å². The van der Waals surface area contributed by atoms with Gasteiger partial charge in [0, 0.05) is 6.54 Å². The van der Waals surface area contributed by atoms with E-state index in [4.69, 9.17) is 4.74 Å². The monoisotopic (exact) mass is 311 g/mol. The third kappa shape index (κ3) is 2.70. The normalized spacial score (nSPS) is 18.0. The van der Waals surface area contributed by atoms with Crippen LogP contribution in [0, 0.1) is 0 Å². The summed E-state index contributed by atoms with van der Waals surface area (Å²) in [5.74, 6) is 0. The molecule has 2 aromatic rings. The third-order valence-electron chi connectivity index (χ3n) is 4.57. The molecule has 0 radical (unpaired) electrons. The molecule has 0 aromatic heterocycles. The lowest BCUT2D eigenvalue weighted by Crippen LogP contribution is -2.50. The summed E-state index contributed by atoms with van der Waals surface area (Å²) in [6.45, 7) is 0.597. The predicted molar refractivity (Wildman–Crippen MR) is 88.0 cm³/mol. The number of nitrogens with zero attached hydrogens (tertiary/aromatic N) is 1. The summed E-state index contributed by atoms with van der Waals surface area (Å²) in [4.78, 5) is 13.8. The standard InChI is InChI=1S/C19H21NO3/c1-23-18(21)20-14-8-13-17(20)19(22,15-9-4-2-5-10-15)16-11-6-3-7-12-16/h2-7,9-12,17,22H,8,13-14H2,1H3/t17-/m1/s1. The van der Waals surface area contributed by atoms with Crippen molar-refractivity contribution in [3.8, 4) is 0 Å². The molecule has 4 heteroatoms. The number of amides is 1. The average Bonchev–Trinajstić information content (AvgIpc) is 3.12. The molecular formula is C19H21NO3. The van der Waals surface area contributed by atoms with Crippen molar-refractivity contribution in [3.05, 3.63) is 71.8 Å². The molecule has 1 aliphatic rings. The molecule has 0 unspecified atom stereocenters. The Labute approximate surface area is 136 Å². The third-order valence-corrected chi connectivity index (χ3v) is 4.57. The number of hydrogen-bond acceptors (Lipinski definition) is 3. The van der Waals surface area contributed by atoms with Gasteiger partial charge in [-0.05, 0) is 24.0 Å². The molecule has 1 atom stereocenters. The molecular weight excluding hydrogens is 290 g/mol. The van der Waals surface area contributed by atoms with Crippen LogP contribution in [-0.2, 0) is 10.3 Å². The first-order valence-corrected chi connectivity index (χ1v) is 7.86. The smallest absolute Gasteiger partial charge is 0.409 e. The first kappa shape index (κ1) is 15.6. The van der Waals surface area contributed by atoms with E-state index in [0.717, 1.165) is 24.0 Å². The zero-order valence-corrected chi connectivity index (χ0v) is 13.2. The molecule has 0 spiro atoms. The van der Waals surface area contributed by atoms with Gasteiger partial charge in [0.1, 0.15) is 5.60 Å². The second-order valence-electron chi connectivity index (χ2n) is 5.82. The Hall–Kier alpha value is -2.33. The maximum absolute atomic E-state index is 12.1. The minimum atomic E-state index is -1.26. The molecule has 1 amide bonds. The molecule has 0 bridgehead atoms. The van der Waals surface area contributed by atoms with Crippen molar-refractivity contribution in [1.82, 2.24) is 4.90 Å². The van der Waals surface area contributed by atoms with E-state index < -0.39 is 11.7 Å². The number of rotatable bonds is 3. The highest BCUT2D eigenvalue weighted by Crippen LogP contribution is 2.40. The summed E-state index contributed by atoms with van der Waals surface area (Å²) in [5, 5.41) is 11.7. The van der Waals surface area contributed by atoms with Gasteiger partial charge in [-0.15, -0.1) is 0 Å². The fourth-order valence-corrected chi connectivity index (χ4v) is 3.47. The Bertz CT molecular complexity index is 617. The molecule has 1 saturated heterocycles. The maximum atomic E-state index is 12.1. The van der Waals surface area contributed by atoms with Crippen LogP contribution in [0.1, 0.15) is 24.0 Å². The Morgan fingerprint density at radius 2 is 1.61 bits per heavy atom. The summed E-state index contributed by atoms with van der Waals surface area (Å²) in [6.07, 6.45) is 1.19. The molecule has 1 aliphatic heterocycles. The molecule has 0 saturated carbocycles. The molecule has 1 N–H and O–H groups in total. The zero-order valence-electron chi connectivity index (χ0n) is 13.2. The van der Waals surface area contributed by atoms with Crippen LogP contribution in [0.2, 0.25) is 0 Å². The topological polar surface area (TPSA) is 49.8 Å². The van der Waals surface area contributed by atoms with Crippen molar-refractivity contribution in [2.75, 3.05) is 13.7 Å². The number of carbonyl (C=O) groups is 1. The summed E-state index contributed by atoms with van der Waals surface area (Å²) in [7, 11) is 1.38. The first-order valence-electron chi connectivity index (χ1n) is 7.86. The number of likely N-dealkylation sites (tertiary alicyclic amines) is 1.